The lowest BCUT2D eigenvalue weighted by Crippen LogP contribution is -2.02. The third-order valence-corrected chi connectivity index (χ3v) is 2.72. The van der Waals surface area contributed by atoms with Crippen molar-refractivity contribution in [1.82, 2.24) is 4.98 Å². The van der Waals surface area contributed by atoms with Crippen LogP contribution in [0.15, 0.2) is 36.7 Å². The van der Waals surface area contributed by atoms with Crippen LogP contribution in [0.4, 0.5) is 10.1 Å². The van der Waals surface area contributed by atoms with Gasteiger partial charge in [0.15, 0.2) is 0 Å². The summed E-state index contributed by atoms with van der Waals surface area (Å²) in [5, 5.41) is 11.7. The summed E-state index contributed by atoms with van der Waals surface area (Å²) in [6.07, 6.45) is 3.52. The molecule has 0 aliphatic heterocycles. The van der Waals surface area contributed by atoms with Crippen molar-refractivity contribution in [2.24, 2.45) is 0 Å². The molecule has 1 aromatic carbocycles. The molecule has 3 nitrogen and oxygen atoms in total. The van der Waals surface area contributed by atoms with E-state index in [2.05, 4.69) is 10.3 Å². The number of halogens is 1. The molecule has 18 heavy (non-hydrogen) atoms. The van der Waals surface area contributed by atoms with Gasteiger partial charge in [-0.2, -0.15) is 5.26 Å². The third-order valence-electron chi connectivity index (χ3n) is 2.72. The number of hydrogen-bond acceptors (Lipinski definition) is 3. The Balaban J connectivity index is 2.10. The fourth-order valence-corrected chi connectivity index (χ4v) is 1.59. The highest BCUT2D eigenvalue weighted by Crippen LogP contribution is 2.15. The summed E-state index contributed by atoms with van der Waals surface area (Å²) in [5.74, 6) is -0.509. The number of aromatic nitrogens is 1. The van der Waals surface area contributed by atoms with Crippen LogP contribution in [0.3, 0.4) is 0 Å². The van der Waals surface area contributed by atoms with Gasteiger partial charge in [-0.15, -0.1) is 0 Å². The molecule has 0 fully saturated rings. The topological polar surface area (TPSA) is 48.7 Å². The average molecular weight is 241 g/mol. The SMILES string of the molecule is Cc1ccncc1CNc1ccc(C#N)c(F)c1. The summed E-state index contributed by atoms with van der Waals surface area (Å²) >= 11 is 0. The zero-order valence-electron chi connectivity index (χ0n) is 9.94. The Morgan fingerprint density at radius 3 is 2.89 bits per heavy atom. The first-order valence-electron chi connectivity index (χ1n) is 5.53. The van der Waals surface area contributed by atoms with E-state index in [4.69, 9.17) is 5.26 Å². The molecule has 1 N–H and O–H groups in total. The second kappa shape index (κ2) is 5.28. The van der Waals surface area contributed by atoms with Crippen molar-refractivity contribution in [3.8, 4) is 6.07 Å². The van der Waals surface area contributed by atoms with E-state index in [9.17, 15) is 4.39 Å². The number of rotatable bonds is 3. The lowest BCUT2D eigenvalue weighted by atomic mass is 10.1. The molecule has 90 valence electrons. The number of nitrogens with one attached hydrogen (secondary N) is 1. The Labute approximate surface area is 105 Å². The second-order valence-electron chi connectivity index (χ2n) is 3.96. The van der Waals surface area contributed by atoms with Crippen LogP contribution in [-0.2, 0) is 6.54 Å². The molecule has 0 spiro atoms. The van der Waals surface area contributed by atoms with Crippen molar-refractivity contribution in [2.45, 2.75) is 13.5 Å². The standard InChI is InChI=1S/C14H12FN3/c1-10-4-5-17-8-12(10)9-18-13-3-2-11(7-16)14(15)6-13/h2-6,8,18H,9H2,1H3. The van der Waals surface area contributed by atoms with E-state index in [1.165, 1.54) is 12.1 Å². The fourth-order valence-electron chi connectivity index (χ4n) is 1.59. The Kier molecular flexibility index (Phi) is 3.54. The molecule has 0 saturated carbocycles. The molecule has 1 aromatic heterocycles. The molecule has 0 radical (unpaired) electrons. The number of anilines is 1. The summed E-state index contributed by atoms with van der Waals surface area (Å²) in [4.78, 5) is 4.05. The first-order chi connectivity index (χ1) is 8.70. The van der Waals surface area contributed by atoms with Crippen molar-refractivity contribution in [3.05, 3.63) is 59.2 Å². The maximum atomic E-state index is 13.4. The molecule has 0 atom stereocenters. The number of aryl methyl sites for hydroxylation is 1. The van der Waals surface area contributed by atoms with Gasteiger partial charge < -0.3 is 5.32 Å². The van der Waals surface area contributed by atoms with Gasteiger partial charge >= 0.3 is 0 Å². The summed E-state index contributed by atoms with van der Waals surface area (Å²) in [6, 6.07) is 8.20. The van der Waals surface area contributed by atoms with Gasteiger partial charge in [0, 0.05) is 24.6 Å². The molecule has 0 bridgehead atoms. The third kappa shape index (κ3) is 2.64. The van der Waals surface area contributed by atoms with Crippen molar-refractivity contribution < 1.29 is 4.39 Å². The van der Waals surface area contributed by atoms with E-state index in [0.29, 0.717) is 12.2 Å². The Morgan fingerprint density at radius 2 is 2.22 bits per heavy atom. The molecule has 4 heteroatoms. The Morgan fingerprint density at radius 1 is 1.39 bits per heavy atom. The molecule has 0 saturated heterocycles. The minimum Gasteiger partial charge on any atom is -0.381 e. The number of nitriles is 1. The van der Waals surface area contributed by atoms with E-state index in [1.54, 1.807) is 24.5 Å². The minimum atomic E-state index is -0.509. The molecule has 0 amide bonds. The van der Waals surface area contributed by atoms with E-state index in [-0.39, 0.29) is 5.56 Å². The number of hydrogen-bond donors (Lipinski definition) is 1. The zero-order chi connectivity index (χ0) is 13.0. The van der Waals surface area contributed by atoms with Crippen molar-refractivity contribution in [1.29, 1.82) is 5.26 Å². The van der Waals surface area contributed by atoms with E-state index < -0.39 is 5.82 Å². The molecule has 2 rings (SSSR count). The Bertz CT molecular complexity index is 602. The van der Waals surface area contributed by atoms with Gasteiger partial charge in [-0.1, -0.05) is 0 Å². The van der Waals surface area contributed by atoms with Gasteiger partial charge in [-0.05, 0) is 42.3 Å². The van der Waals surface area contributed by atoms with Gasteiger partial charge in [0.2, 0.25) is 0 Å². The molecule has 1 heterocycles. The number of pyridine rings is 1. The lowest BCUT2D eigenvalue weighted by molar-refractivity contribution is 0.624. The van der Waals surface area contributed by atoms with Gasteiger partial charge in [-0.25, -0.2) is 4.39 Å². The normalized spacial score (nSPS) is 9.83. The van der Waals surface area contributed by atoms with Crippen LogP contribution in [0.5, 0.6) is 0 Å². The number of nitrogens with zero attached hydrogens (tertiary/aromatic N) is 2. The van der Waals surface area contributed by atoms with Crippen LogP contribution in [0, 0.1) is 24.1 Å². The largest absolute Gasteiger partial charge is 0.381 e. The molecule has 0 unspecified atom stereocenters. The summed E-state index contributed by atoms with van der Waals surface area (Å²) < 4.78 is 13.4. The predicted octanol–water partition coefficient (Wildman–Crippen LogP) is 3.01. The van der Waals surface area contributed by atoms with Gasteiger partial charge in [0.1, 0.15) is 11.9 Å². The summed E-state index contributed by atoms with van der Waals surface area (Å²) in [7, 11) is 0. The molecule has 2 aromatic rings. The highest BCUT2D eigenvalue weighted by atomic mass is 19.1. The van der Waals surface area contributed by atoms with Crippen LogP contribution < -0.4 is 5.32 Å². The van der Waals surface area contributed by atoms with Crippen molar-refractivity contribution in [2.75, 3.05) is 5.32 Å². The maximum Gasteiger partial charge on any atom is 0.143 e. The van der Waals surface area contributed by atoms with E-state index in [0.717, 1.165) is 11.1 Å². The predicted molar refractivity (Wildman–Crippen MR) is 67.4 cm³/mol. The minimum absolute atomic E-state index is 0.0538. The highest BCUT2D eigenvalue weighted by molar-refractivity contribution is 5.48. The maximum absolute atomic E-state index is 13.4. The van der Waals surface area contributed by atoms with Crippen molar-refractivity contribution >= 4 is 5.69 Å². The average Bonchev–Trinajstić information content (AvgIpc) is 2.38. The van der Waals surface area contributed by atoms with Crippen LogP contribution in [-0.4, -0.2) is 4.98 Å². The summed E-state index contributed by atoms with van der Waals surface area (Å²) in [5.41, 5.74) is 2.89. The first kappa shape index (κ1) is 12.1. The lowest BCUT2D eigenvalue weighted by Gasteiger charge is -2.08. The van der Waals surface area contributed by atoms with Gasteiger partial charge in [0.25, 0.3) is 0 Å². The fraction of sp³-hybridized carbons (Fsp3) is 0.143. The van der Waals surface area contributed by atoms with E-state index in [1.807, 2.05) is 13.0 Å². The van der Waals surface area contributed by atoms with E-state index >= 15 is 0 Å². The number of benzene rings is 1. The quantitative estimate of drug-likeness (QED) is 0.898. The van der Waals surface area contributed by atoms with Crippen LogP contribution in [0.2, 0.25) is 0 Å². The second-order valence-corrected chi connectivity index (χ2v) is 3.96. The van der Waals surface area contributed by atoms with Crippen molar-refractivity contribution in [3.63, 3.8) is 0 Å². The smallest absolute Gasteiger partial charge is 0.143 e. The Hall–Kier alpha value is -2.41. The van der Waals surface area contributed by atoms with Crippen LogP contribution in [0.25, 0.3) is 0 Å². The molecular weight excluding hydrogens is 229 g/mol. The molecule has 0 aliphatic rings. The first-order valence-corrected chi connectivity index (χ1v) is 5.53. The molecular formula is C14H12FN3. The highest BCUT2D eigenvalue weighted by Gasteiger charge is 2.03. The van der Waals surface area contributed by atoms with Crippen LogP contribution in [0.1, 0.15) is 16.7 Å². The monoisotopic (exact) mass is 241 g/mol. The van der Waals surface area contributed by atoms with Gasteiger partial charge in [0.05, 0.1) is 5.56 Å². The zero-order valence-corrected chi connectivity index (χ0v) is 9.94. The van der Waals surface area contributed by atoms with Gasteiger partial charge in [-0.3, -0.25) is 4.98 Å². The summed E-state index contributed by atoms with van der Waals surface area (Å²) in [6.45, 7) is 2.57. The molecule has 0 aliphatic carbocycles. The van der Waals surface area contributed by atoms with Crippen LogP contribution >= 0.6 is 0 Å².